The van der Waals surface area contributed by atoms with Crippen LogP contribution in [0.4, 0.5) is 18.9 Å². The summed E-state index contributed by atoms with van der Waals surface area (Å²) in [6, 6.07) is 5.95. The molecule has 0 amide bonds. The highest BCUT2D eigenvalue weighted by molar-refractivity contribution is 9.10. The van der Waals surface area contributed by atoms with Crippen LogP contribution in [-0.4, -0.2) is 25.8 Å². The van der Waals surface area contributed by atoms with Gasteiger partial charge in [0.15, 0.2) is 0 Å². The van der Waals surface area contributed by atoms with E-state index in [-0.39, 0.29) is 6.54 Å². The fourth-order valence-corrected chi connectivity index (χ4v) is 2.21. The zero-order valence-corrected chi connectivity index (χ0v) is 13.5. The lowest BCUT2D eigenvalue weighted by Crippen LogP contribution is -2.27. The number of rotatable bonds is 6. The van der Waals surface area contributed by atoms with E-state index in [0.717, 1.165) is 15.7 Å². The fourth-order valence-electron chi connectivity index (χ4n) is 1.80. The highest BCUT2D eigenvalue weighted by Crippen LogP contribution is 2.26. The second-order valence-corrected chi connectivity index (χ2v) is 6.01. The Morgan fingerprint density at radius 2 is 1.95 bits per heavy atom. The van der Waals surface area contributed by atoms with Gasteiger partial charge in [-0.05, 0) is 23.8 Å². The van der Waals surface area contributed by atoms with Crippen LogP contribution >= 0.6 is 15.9 Å². The zero-order chi connectivity index (χ0) is 15.3. The van der Waals surface area contributed by atoms with Crippen LogP contribution in [0.2, 0.25) is 0 Å². The Kier molecular flexibility index (Phi) is 6.33. The molecule has 0 aliphatic heterocycles. The van der Waals surface area contributed by atoms with Crippen molar-refractivity contribution in [3.05, 3.63) is 28.2 Å². The molecule has 2 nitrogen and oxygen atoms in total. The summed E-state index contributed by atoms with van der Waals surface area (Å²) in [6.07, 6.45) is -4.93. The second kappa shape index (κ2) is 7.31. The minimum atomic E-state index is -4.13. The lowest BCUT2D eigenvalue weighted by atomic mass is 10.1. The molecule has 0 fully saturated rings. The number of halogens is 4. The van der Waals surface area contributed by atoms with Gasteiger partial charge in [-0.2, -0.15) is 13.2 Å². The Morgan fingerprint density at radius 3 is 2.50 bits per heavy atom. The molecule has 0 bridgehead atoms. The van der Waals surface area contributed by atoms with Crippen molar-refractivity contribution in [1.82, 2.24) is 5.32 Å². The van der Waals surface area contributed by atoms with Crippen molar-refractivity contribution in [2.24, 2.45) is 0 Å². The maximum Gasteiger partial charge on any atom is 0.390 e. The van der Waals surface area contributed by atoms with Gasteiger partial charge in [0.2, 0.25) is 0 Å². The average Bonchev–Trinajstić information content (AvgIpc) is 2.32. The Labute approximate surface area is 126 Å². The van der Waals surface area contributed by atoms with Gasteiger partial charge in [0.1, 0.15) is 0 Å². The molecule has 0 atom stereocenters. The molecule has 1 rings (SSSR count). The van der Waals surface area contributed by atoms with Crippen LogP contribution in [0, 0.1) is 0 Å². The summed E-state index contributed by atoms with van der Waals surface area (Å²) in [5, 5.41) is 3.29. The molecular weight excluding hydrogens is 333 g/mol. The van der Waals surface area contributed by atoms with Crippen LogP contribution in [0.3, 0.4) is 0 Å². The Morgan fingerprint density at radius 1 is 1.30 bits per heavy atom. The Hall–Kier alpha value is -0.750. The summed E-state index contributed by atoms with van der Waals surface area (Å²) < 4.78 is 37.8. The first-order valence-corrected chi connectivity index (χ1v) is 7.28. The van der Waals surface area contributed by atoms with Gasteiger partial charge in [0.25, 0.3) is 0 Å². The van der Waals surface area contributed by atoms with Crippen molar-refractivity contribution in [3.8, 4) is 0 Å². The van der Waals surface area contributed by atoms with Gasteiger partial charge in [0.05, 0.1) is 6.42 Å². The zero-order valence-electron chi connectivity index (χ0n) is 11.9. The van der Waals surface area contributed by atoms with E-state index in [1.807, 2.05) is 32.0 Å². The highest BCUT2D eigenvalue weighted by Gasteiger charge is 2.27. The highest BCUT2D eigenvalue weighted by atomic mass is 79.9. The predicted octanol–water partition coefficient (Wildman–Crippen LogP) is 4.34. The standard InChI is InChI=1S/C14H20BrF3N2/c1-10(2)19-9-11-8-12(15)4-5-13(11)20(3)7-6-14(16,17)18/h4-5,8,10,19H,6-7,9H2,1-3H3. The van der Waals surface area contributed by atoms with Crippen LogP contribution in [0.15, 0.2) is 22.7 Å². The number of hydrogen-bond acceptors (Lipinski definition) is 2. The molecule has 0 saturated heterocycles. The molecule has 1 aromatic carbocycles. The maximum absolute atomic E-state index is 12.3. The monoisotopic (exact) mass is 352 g/mol. The summed E-state index contributed by atoms with van der Waals surface area (Å²) >= 11 is 3.40. The SMILES string of the molecule is CC(C)NCc1cc(Br)ccc1N(C)CCC(F)(F)F. The lowest BCUT2D eigenvalue weighted by Gasteiger charge is -2.24. The minimum Gasteiger partial charge on any atom is -0.374 e. The summed E-state index contributed by atoms with van der Waals surface area (Å²) in [6.45, 7) is 4.65. The van der Waals surface area contributed by atoms with Crippen LogP contribution in [0.25, 0.3) is 0 Å². The van der Waals surface area contributed by atoms with Gasteiger partial charge in [-0.3, -0.25) is 0 Å². The van der Waals surface area contributed by atoms with E-state index in [1.165, 1.54) is 0 Å². The van der Waals surface area contributed by atoms with Crippen molar-refractivity contribution in [2.45, 2.75) is 39.0 Å². The third-order valence-corrected chi connectivity index (χ3v) is 3.38. The number of anilines is 1. The van der Waals surface area contributed by atoms with Crippen LogP contribution < -0.4 is 10.2 Å². The van der Waals surface area contributed by atoms with Gasteiger partial charge < -0.3 is 10.2 Å². The van der Waals surface area contributed by atoms with E-state index >= 15 is 0 Å². The third kappa shape index (κ3) is 6.13. The smallest absolute Gasteiger partial charge is 0.374 e. The molecule has 0 spiro atoms. The van der Waals surface area contributed by atoms with Crippen molar-refractivity contribution in [1.29, 1.82) is 0 Å². The van der Waals surface area contributed by atoms with E-state index in [1.54, 1.807) is 11.9 Å². The lowest BCUT2D eigenvalue weighted by molar-refractivity contribution is -0.132. The number of hydrogen-bond donors (Lipinski definition) is 1. The third-order valence-electron chi connectivity index (χ3n) is 2.88. The molecule has 1 aromatic rings. The minimum absolute atomic E-state index is 0.0419. The van der Waals surface area contributed by atoms with Crippen molar-refractivity contribution in [2.75, 3.05) is 18.5 Å². The van der Waals surface area contributed by atoms with E-state index < -0.39 is 12.6 Å². The van der Waals surface area contributed by atoms with Gasteiger partial charge in [-0.15, -0.1) is 0 Å². The van der Waals surface area contributed by atoms with Crippen molar-refractivity contribution < 1.29 is 13.2 Å². The number of benzene rings is 1. The van der Waals surface area contributed by atoms with Gasteiger partial charge in [-0.1, -0.05) is 29.8 Å². The van der Waals surface area contributed by atoms with Crippen LogP contribution in [0.1, 0.15) is 25.8 Å². The van der Waals surface area contributed by atoms with Crippen LogP contribution in [0.5, 0.6) is 0 Å². The van der Waals surface area contributed by atoms with Gasteiger partial charge in [0, 0.05) is 36.3 Å². The van der Waals surface area contributed by atoms with E-state index in [4.69, 9.17) is 0 Å². The molecule has 0 aliphatic rings. The quantitative estimate of drug-likeness (QED) is 0.819. The first kappa shape index (κ1) is 17.3. The number of nitrogens with zero attached hydrogens (tertiary/aromatic N) is 1. The molecule has 1 N–H and O–H groups in total. The van der Waals surface area contributed by atoms with E-state index in [2.05, 4.69) is 21.2 Å². The second-order valence-electron chi connectivity index (χ2n) is 5.10. The molecule has 0 heterocycles. The number of alkyl halides is 3. The van der Waals surface area contributed by atoms with E-state index in [9.17, 15) is 13.2 Å². The Bertz CT molecular complexity index is 433. The Balaban J connectivity index is 2.81. The molecule has 0 radical (unpaired) electrons. The van der Waals surface area contributed by atoms with Gasteiger partial charge in [-0.25, -0.2) is 0 Å². The topological polar surface area (TPSA) is 15.3 Å². The largest absolute Gasteiger partial charge is 0.390 e. The molecular formula is C14H20BrF3N2. The van der Waals surface area contributed by atoms with Crippen molar-refractivity contribution in [3.63, 3.8) is 0 Å². The molecule has 0 saturated carbocycles. The van der Waals surface area contributed by atoms with E-state index in [0.29, 0.717) is 12.6 Å². The summed E-state index contributed by atoms with van der Waals surface area (Å²) in [4.78, 5) is 1.65. The molecule has 114 valence electrons. The average molecular weight is 353 g/mol. The molecule has 6 heteroatoms. The molecule has 0 aliphatic carbocycles. The first-order valence-electron chi connectivity index (χ1n) is 6.49. The first-order chi connectivity index (χ1) is 9.19. The maximum atomic E-state index is 12.3. The number of nitrogens with one attached hydrogen (secondary N) is 1. The van der Waals surface area contributed by atoms with Gasteiger partial charge >= 0.3 is 6.18 Å². The summed E-state index contributed by atoms with van der Waals surface area (Å²) in [7, 11) is 1.69. The fraction of sp³-hybridized carbons (Fsp3) is 0.571. The molecule has 20 heavy (non-hydrogen) atoms. The normalized spacial score (nSPS) is 12.0. The molecule has 0 aromatic heterocycles. The van der Waals surface area contributed by atoms with Crippen LogP contribution in [-0.2, 0) is 6.54 Å². The summed E-state index contributed by atoms with van der Waals surface area (Å²) in [5.41, 5.74) is 1.81. The summed E-state index contributed by atoms with van der Waals surface area (Å²) in [5.74, 6) is 0. The van der Waals surface area contributed by atoms with Crippen molar-refractivity contribution >= 4 is 21.6 Å². The predicted molar refractivity (Wildman–Crippen MR) is 80.1 cm³/mol. The molecule has 0 unspecified atom stereocenters.